The van der Waals surface area contributed by atoms with E-state index in [4.69, 9.17) is 11.6 Å². The molecule has 0 unspecified atom stereocenters. The minimum Gasteiger partial charge on any atom is -0.350 e. The van der Waals surface area contributed by atoms with E-state index in [2.05, 4.69) is 15.5 Å². The topological polar surface area (TPSA) is 57.2 Å². The molecule has 2 heterocycles. The number of para-hydroxylation sites is 1. The maximum Gasteiger partial charge on any atom is 0.288 e. The van der Waals surface area contributed by atoms with Gasteiger partial charge in [0.05, 0.1) is 6.21 Å². The van der Waals surface area contributed by atoms with Crippen molar-refractivity contribution in [1.82, 2.24) is 10.4 Å². The smallest absolute Gasteiger partial charge is 0.288 e. The van der Waals surface area contributed by atoms with Gasteiger partial charge in [-0.15, -0.1) is 11.3 Å². The van der Waals surface area contributed by atoms with Crippen LogP contribution in [0, 0.1) is 0 Å². The molecule has 4 aromatic rings. The molecule has 0 fully saturated rings. The van der Waals surface area contributed by atoms with Gasteiger partial charge in [0.25, 0.3) is 5.91 Å². The monoisotopic (exact) mass is 379 g/mol. The van der Waals surface area contributed by atoms with Gasteiger partial charge in [0, 0.05) is 26.4 Å². The molecule has 0 saturated carbocycles. The number of fused-ring (bicyclic) bond motifs is 1. The van der Waals surface area contributed by atoms with E-state index in [1.165, 1.54) is 0 Å². The van der Waals surface area contributed by atoms with Crippen LogP contribution in [0.1, 0.15) is 16.1 Å². The van der Waals surface area contributed by atoms with Crippen LogP contribution < -0.4 is 5.43 Å². The molecule has 2 aromatic heterocycles. The molecule has 6 heteroatoms. The van der Waals surface area contributed by atoms with Crippen molar-refractivity contribution in [1.29, 1.82) is 0 Å². The van der Waals surface area contributed by atoms with Gasteiger partial charge in [-0.3, -0.25) is 4.79 Å². The summed E-state index contributed by atoms with van der Waals surface area (Å²) >= 11 is 7.46. The first-order chi connectivity index (χ1) is 12.7. The van der Waals surface area contributed by atoms with Gasteiger partial charge < -0.3 is 4.98 Å². The highest BCUT2D eigenvalue weighted by atomic mass is 35.5. The Kier molecular flexibility index (Phi) is 4.56. The zero-order valence-corrected chi connectivity index (χ0v) is 15.1. The number of hydrogen-bond acceptors (Lipinski definition) is 3. The second-order valence-electron chi connectivity index (χ2n) is 5.65. The highest BCUT2D eigenvalue weighted by Gasteiger charge is 2.19. The number of nitrogens with zero attached hydrogens (tertiary/aromatic N) is 1. The summed E-state index contributed by atoms with van der Waals surface area (Å²) in [5.41, 5.74) is 5.77. The zero-order valence-electron chi connectivity index (χ0n) is 13.6. The summed E-state index contributed by atoms with van der Waals surface area (Å²) < 4.78 is 0. The molecular weight excluding hydrogens is 366 g/mol. The number of aromatic amines is 1. The molecule has 0 bridgehead atoms. The summed E-state index contributed by atoms with van der Waals surface area (Å²) in [6.07, 6.45) is 1.59. The first kappa shape index (κ1) is 16.6. The molecule has 0 saturated heterocycles. The van der Waals surface area contributed by atoms with E-state index in [0.29, 0.717) is 10.7 Å². The third-order valence-electron chi connectivity index (χ3n) is 3.95. The van der Waals surface area contributed by atoms with Crippen molar-refractivity contribution in [3.8, 4) is 10.4 Å². The fourth-order valence-corrected chi connectivity index (χ4v) is 3.68. The van der Waals surface area contributed by atoms with Crippen LogP contribution in [0.15, 0.2) is 71.1 Å². The van der Waals surface area contributed by atoms with Crippen LogP contribution >= 0.6 is 22.9 Å². The Morgan fingerprint density at radius 1 is 1.08 bits per heavy atom. The molecule has 0 aliphatic carbocycles. The van der Waals surface area contributed by atoms with E-state index in [0.717, 1.165) is 26.9 Å². The lowest BCUT2D eigenvalue weighted by atomic mass is 10.1. The average Bonchev–Trinajstić information content (AvgIpc) is 3.30. The number of halogens is 1. The molecule has 4 rings (SSSR count). The maximum atomic E-state index is 12.7. The molecule has 0 radical (unpaired) electrons. The Bertz CT molecular complexity index is 1080. The van der Waals surface area contributed by atoms with Crippen molar-refractivity contribution >= 4 is 46.0 Å². The van der Waals surface area contributed by atoms with E-state index < -0.39 is 0 Å². The first-order valence-electron chi connectivity index (χ1n) is 7.96. The molecule has 0 aliphatic rings. The van der Waals surface area contributed by atoms with Crippen LogP contribution in [0.3, 0.4) is 0 Å². The Hall–Kier alpha value is -2.89. The fourth-order valence-electron chi connectivity index (χ4n) is 2.76. The van der Waals surface area contributed by atoms with Gasteiger partial charge in [-0.25, -0.2) is 5.43 Å². The minimum absolute atomic E-state index is 0.283. The predicted molar refractivity (Wildman–Crippen MR) is 108 cm³/mol. The standard InChI is InChI=1S/C20H14ClN3OS/c21-14-9-7-13(8-10-14)12-22-24-20(25)19-18(17-6-3-11-26-17)15-4-1-2-5-16(15)23-19/h1-12,23H,(H,24,25). The molecule has 0 aliphatic heterocycles. The van der Waals surface area contributed by atoms with Gasteiger partial charge in [-0.1, -0.05) is 48.0 Å². The van der Waals surface area contributed by atoms with Crippen molar-refractivity contribution in [2.24, 2.45) is 5.10 Å². The number of amides is 1. The highest BCUT2D eigenvalue weighted by Crippen LogP contribution is 2.35. The third kappa shape index (κ3) is 3.27. The van der Waals surface area contributed by atoms with E-state index in [9.17, 15) is 4.79 Å². The molecule has 2 N–H and O–H groups in total. The first-order valence-corrected chi connectivity index (χ1v) is 9.22. The van der Waals surface area contributed by atoms with Gasteiger partial charge in [0.2, 0.25) is 0 Å². The normalized spacial score (nSPS) is 11.3. The van der Waals surface area contributed by atoms with Crippen LogP contribution in [0.4, 0.5) is 0 Å². The number of aromatic nitrogens is 1. The highest BCUT2D eigenvalue weighted by molar-refractivity contribution is 7.13. The Morgan fingerprint density at radius 2 is 1.88 bits per heavy atom. The predicted octanol–water partition coefficient (Wildman–Crippen LogP) is 5.31. The van der Waals surface area contributed by atoms with E-state index in [1.54, 1.807) is 29.7 Å². The molecule has 1 amide bonds. The Balaban J connectivity index is 1.64. The molecular formula is C20H14ClN3OS. The fraction of sp³-hybridized carbons (Fsp3) is 0. The van der Waals surface area contributed by atoms with Gasteiger partial charge >= 0.3 is 0 Å². The van der Waals surface area contributed by atoms with Crippen molar-refractivity contribution in [3.63, 3.8) is 0 Å². The SMILES string of the molecule is O=C(NN=Cc1ccc(Cl)cc1)c1[nH]c2ccccc2c1-c1cccs1. The number of carbonyl (C=O) groups is 1. The summed E-state index contributed by atoms with van der Waals surface area (Å²) in [6.45, 7) is 0. The number of thiophene rings is 1. The van der Waals surface area contributed by atoms with Gasteiger partial charge in [0.15, 0.2) is 0 Å². The van der Waals surface area contributed by atoms with Gasteiger partial charge in [-0.2, -0.15) is 5.10 Å². The van der Waals surface area contributed by atoms with Crippen molar-refractivity contribution in [2.45, 2.75) is 0 Å². The maximum absolute atomic E-state index is 12.7. The number of carbonyl (C=O) groups excluding carboxylic acids is 1. The van der Waals surface area contributed by atoms with Crippen LogP contribution in [0.2, 0.25) is 5.02 Å². The largest absolute Gasteiger partial charge is 0.350 e. The van der Waals surface area contributed by atoms with E-state index in [1.807, 2.05) is 53.9 Å². The summed E-state index contributed by atoms with van der Waals surface area (Å²) in [7, 11) is 0. The third-order valence-corrected chi connectivity index (χ3v) is 5.09. The van der Waals surface area contributed by atoms with Crippen LogP contribution in [-0.2, 0) is 0 Å². The number of hydrazone groups is 1. The lowest BCUT2D eigenvalue weighted by Crippen LogP contribution is -2.18. The van der Waals surface area contributed by atoms with Crippen molar-refractivity contribution in [2.75, 3.05) is 0 Å². The average molecular weight is 380 g/mol. The van der Waals surface area contributed by atoms with Gasteiger partial charge in [-0.05, 0) is 35.2 Å². The second-order valence-corrected chi connectivity index (χ2v) is 7.03. The lowest BCUT2D eigenvalue weighted by Gasteiger charge is -2.02. The lowest BCUT2D eigenvalue weighted by molar-refractivity contribution is 0.0951. The summed E-state index contributed by atoms with van der Waals surface area (Å²) in [4.78, 5) is 17.0. The van der Waals surface area contributed by atoms with Crippen molar-refractivity contribution in [3.05, 3.63) is 82.3 Å². The number of nitrogens with one attached hydrogen (secondary N) is 2. The van der Waals surface area contributed by atoms with Crippen molar-refractivity contribution < 1.29 is 4.79 Å². The van der Waals surface area contributed by atoms with E-state index >= 15 is 0 Å². The van der Waals surface area contributed by atoms with Crippen LogP contribution in [-0.4, -0.2) is 17.1 Å². The van der Waals surface area contributed by atoms with Gasteiger partial charge in [0.1, 0.15) is 5.69 Å². The number of H-pyrrole nitrogens is 1. The quantitative estimate of drug-likeness (QED) is 0.366. The number of benzene rings is 2. The Morgan fingerprint density at radius 3 is 2.65 bits per heavy atom. The molecule has 4 nitrogen and oxygen atoms in total. The minimum atomic E-state index is -0.283. The summed E-state index contributed by atoms with van der Waals surface area (Å²) in [5.74, 6) is -0.283. The van der Waals surface area contributed by atoms with Crippen LogP contribution in [0.25, 0.3) is 21.3 Å². The Labute approximate surface area is 159 Å². The second kappa shape index (κ2) is 7.15. The molecule has 0 spiro atoms. The van der Waals surface area contributed by atoms with Crippen LogP contribution in [0.5, 0.6) is 0 Å². The zero-order chi connectivity index (χ0) is 17.9. The summed E-state index contributed by atoms with van der Waals surface area (Å²) in [6, 6.07) is 19.1. The molecule has 2 aromatic carbocycles. The summed E-state index contributed by atoms with van der Waals surface area (Å²) in [5, 5.41) is 7.73. The molecule has 128 valence electrons. The number of rotatable bonds is 4. The van der Waals surface area contributed by atoms with E-state index in [-0.39, 0.29) is 5.91 Å². The number of hydrogen-bond donors (Lipinski definition) is 2. The molecule has 26 heavy (non-hydrogen) atoms. The molecule has 0 atom stereocenters.